The molecule has 0 aliphatic heterocycles. The molecule has 0 spiro atoms. The average Bonchev–Trinajstić information content (AvgIpc) is 2.53. The van der Waals surface area contributed by atoms with Crippen molar-refractivity contribution < 1.29 is 9.90 Å². The van der Waals surface area contributed by atoms with E-state index < -0.39 is 5.97 Å². The first-order chi connectivity index (χ1) is 5.61. The number of hydrogen-bond acceptors (Lipinski definition) is 1. The summed E-state index contributed by atoms with van der Waals surface area (Å²) in [6.07, 6.45) is 2.07. The van der Waals surface area contributed by atoms with E-state index in [-0.39, 0.29) is 5.92 Å². The van der Waals surface area contributed by atoms with Gasteiger partial charge in [-0.15, -0.1) is 0 Å². The van der Waals surface area contributed by atoms with Crippen molar-refractivity contribution in [2.75, 3.05) is 0 Å². The molecule has 2 fully saturated rings. The molecule has 2 bridgehead atoms. The van der Waals surface area contributed by atoms with Gasteiger partial charge in [0, 0.05) is 7.85 Å². The van der Waals surface area contributed by atoms with Crippen molar-refractivity contribution in [3.05, 3.63) is 0 Å². The van der Waals surface area contributed by atoms with Crippen LogP contribution >= 0.6 is 45.2 Å². The van der Waals surface area contributed by atoms with Gasteiger partial charge in [-0.1, -0.05) is 45.2 Å². The zero-order valence-corrected chi connectivity index (χ0v) is 10.7. The Bertz CT molecular complexity index is 217. The molecule has 2 nitrogen and oxygen atoms in total. The third-order valence-electron chi connectivity index (χ3n) is 3.13. The minimum atomic E-state index is -0.576. The molecule has 0 aromatic rings. The molecule has 0 amide bonds. The lowest BCUT2D eigenvalue weighted by atomic mass is 9.89. The summed E-state index contributed by atoms with van der Waals surface area (Å²) in [5.41, 5.74) is 0. The fourth-order valence-corrected chi connectivity index (χ4v) is 5.01. The van der Waals surface area contributed by atoms with Gasteiger partial charge in [-0.05, 0) is 24.7 Å². The van der Waals surface area contributed by atoms with Gasteiger partial charge in [0.2, 0.25) is 0 Å². The summed E-state index contributed by atoms with van der Waals surface area (Å²) in [6.45, 7) is 0. The van der Waals surface area contributed by atoms with Gasteiger partial charge in [-0.25, -0.2) is 0 Å². The summed E-state index contributed by atoms with van der Waals surface area (Å²) in [5, 5.41) is 8.93. The Balaban J connectivity index is 2.15. The zero-order chi connectivity index (χ0) is 8.88. The van der Waals surface area contributed by atoms with Gasteiger partial charge in [0.1, 0.15) is 0 Å². The third kappa shape index (κ3) is 1.29. The molecular formula is C8H10I2O2. The average molecular weight is 392 g/mol. The SMILES string of the molecule is O=C(O)C1CC2CC1C(I)C2I. The minimum absolute atomic E-state index is 0.0390. The fourth-order valence-electron chi connectivity index (χ4n) is 2.50. The van der Waals surface area contributed by atoms with Crippen LogP contribution in [0, 0.1) is 17.8 Å². The lowest BCUT2D eigenvalue weighted by Gasteiger charge is -2.26. The molecular weight excluding hydrogens is 382 g/mol. The normalized spacial score (nSPS) is 51.3. The number of carbonyl (C=O) groups is 1. The van der Waals surface area contributed by atoms with Gasteiger partial charge in [0.05, 0.1) is 5.92 Å². The summed E-state index contributed by atoms with van der Waals surface area (Å²) >= 11 is 4.91. The molecule has 5 unspecified atom stereocenters. The van der Waals surface area contributed by atoms with E-state index in [1.807, 2.05) is 0 Å². The van der Waals surface area contributed by atoms with Crippen molar-refractivity contribution in [1.29, 1.82) is 0 Å². The van der Waals surface area contributed by atoms with Crippen LogP contribution in [0.4, 0.5) is 0 Å². The van der Waals surface area contributed by atoms with Crippen LogP contribution in [0.1, 0.15) is 12.8 Å². The number of halogens is 2. The molecule has 68 valence electrons. The van der Waals surface area contributed by atoms with Gasteiger partial charge >= 0.3 is 5.97 Å². The molecule has 4 heteroatoms. The molecule has 2 aliphatic rings. The van der Waals surface area contributed by atoms with Crippen molar-refractivity contribution >= 4 is 51.2 Å². The Morgan fingerprint density at radius 1 is 1.25 bits per heavy atom. The Morgan fingerprint density at radius 2 is 1.92 bits per heavy atom. The zero-order valence-electron chi connectivity index (χ0n) is 6.41. The summed E-state index contributed by atoms with van der Waals surface area (Å²) < 4.78 is 1.30. The maximum atomic E-state index is 10.8. The second kappa shape index (κ2) is 3.25. The highest BCUT2D eigenvalue weighted by Crippen LogP contribution is 2.54. The van der Waals surface area contributed by atoms with E-state index in [2.05, 4.69) is 45.2 Å². The van der Waals surface area contributed by atoms with Crippen LogP contribution in [0.5, 0.6) is 0 Å². The van der Waals surface area contributed by atoms with Gasteiger partial charge in [0.15, 0.2) is 0 Å². The number of carboxylic acids is 1. The van der Waals surface area contributed by atoms with E-state index in [4.69, 9.17) is 5.11 Å². The number of alkyl halides is 2. The highest BCUT2D eigenvalue weighted by molar-refractivity contribution is 14.1. The summed E-state index contributed by atoms with van der Waals surface area (Å²) in [4.78, 5) is 10.8. The van der Waals surface area contributed by atoms with Gasteiger partial charge < -0.3 is 5.11 Å². The maximum Gasteiger partial charge on any atom is 0.306 e. The largest absolute Gasteiger partial charge is 0.481 e. The topological polar surface area (TPSA) is 37.3 Å². The Morgan fingerprint density at radius 3 is 2.33 bits per heavy atom. The molecule has 12 heavy (non-hydrogen) atoms. The van der Waals surface area contributed by atoms with Crippen molar-refractivity contribution in [3.8, 4) is 0 Å². The van der Waals surface area contributed by atoms with Crippen LogP contribution in [-0.2, 0) is 4.79 Å². The van der Waals surface area contributed by atoms with Crippen LogP contribution in [-0.4, -0.2) is 18.9 Å². The maximum absolute atomic E-state index is 10.8. The van der Waals surface area contributed by atoms with E-state index in [0.29, 0.717) is 19.7 Å². The molecule has 0 heterocycles. The number of hydrogen-bond donors (Lipinski definition) is 1. The Labute approximate surface area is 98.8 Å². The first-order valence-electron chi connectivity index (χ1n) is 4.12. The molecule has 2 saturated carbocycles. The predicted octanol–water partition coefficient (Wildman–Crippen LogP) is 2.33. The summed E-state index contributed by atoms with van der Waals surface area (Å²) in [6, 6.07) is 0. The number of aliphatic carboxylic acids is 1. The highest BCUT2D eigenvalue weighted by Gasteiger charge is 2.52. The first kappa shape index (κ1) is 9.48. The molecule has 0 saturated heterocycles. The first-order valence-corrected chi connectivity index (χ1v) is 6.61. The van der Waals surface area contributed by atoms with E-state index in [1.165, 1.54) is 0 Å². The van der Waals surface area contributed by atoms with E-state index >= 15 is 0 Å². The van der Waals surface area contributed by atoms with Crippen molar-refractivity contribution in [2.24, 2.45) is 17.8 Å². The molecule has 2 rings (SSSR count). The smallest absolute Gasteiger partial charge is 0.306 e. The second-order valence-electron chi connectivity index (χ2n) is 3.73. The van der Waals surface area contributed by atoms with Crippen LogP contribution in [0.15, 0.2) is 0 Å². The standard InChI is InChI=1S/C8H10I2O2/c9-6-3-1-4(7(6)10)5(2-3)8(11)12/h3-7H,1-2H2,(H,11,12). The number of rotatable bonds is 1. The molecule has 5 atom stereocenters. The third-order valence-corrected chi connectivity index (χ3v) is 8.00. The van der Waals surface area contributed by atoms with Crippen LogP contribution < -0.4 is 0 Å². The van der Waals surface area contributed by atoms with Crippen LogP contribution in [0.25, 0.3) is 0 Å². The van der Waals surface area contributed by atoms with Crippen molar-refractivity contribution in [1.82, 2.24) is 0 Å². The molecule has 0 radical (unpaired) electrons. The van der Waals surface area contributed by atoms with Gasteiger partial charge in [0.25, 0.3) is 0 Å². The van der Waals surface area contributed by atoms with Crippen molar-refractivity contribution in [3.63, 3.8) is 0 Å². The highest BCUT2D eigenvalue weighted by atomic mass is 127. The Hall–Kier alpha value is 0.930. The predicted molar refractivity (Wildman–Crippen MR) is 63.0 cm³/mol. The minimum Gasteiger partial charge on any atom is -0.481 e. The molecule has 1 N–H and O–H groups in total. The van der Waals surface area contributed by atoms with Crippen molar-refractivity contribution in [2.45, 2.75) is 20.7 Å². The second-order valence-corrected chi connectivity index (χ2v) is 6.61. The quantitative estimate of drug-likeness (QED) is 0.550. The van der Waals surface area contributed by atoms with E-state index in [1.54, 1.807) is 0 Å². The lowest BCUT2D eigenvalue weighted by molar-refractivity contribution is -0.143. The van der Waals surface area contributed by atoms with Gasteiger partial charge in [-0.3, -0.25) is 4.79 Å². The number of carboxylic acid groups (broad SMARTS) is 1. The van der Waals surface area contributed by atoms with E-state index in [0.717, 1.165) is 12.8 Å². The monoisotopic (exact) mass is 392 g/mol. The summed E-state index contributed by atoms with van der Waals surface area (Å²) in [7, 11) is 0. The summed E-state index contributed by atoms with van der Waals surface area (Å²) in [5.74, 6) is 0.518. The van der Waals surface area contributed by atoms with Crippen LogP contribution in [0.2, 0.25) is 0 Å². The number of fused-ring (bicyclic) bond motifs is 2. The molecule has 0 aromatic heterocycles. The van der Waals surface area contributed by atoms with Crippen LogP contribution in [0.3, 0.4) is 0 Å². The molecule has 0 aromatic carbocycles. The van der Waals surface area contributed by atoms with Gasteiger partial charge in [-0.2, -0.15) is 0 Å². The van der Waals surface area contributed by atoms with E-state index in [9.17, 15) is 4.79 Å². The Kier molecular flexibility index (Phi) is 2.57. The lowest BCUT2D eigenvalue weighted by Crippen LogP contribution is -2.32. The fraction of sp³-hybridized carbons (Fsp3) is 0.875. The molecule has 2 aliphatic carbocycles.